The molecule has 0 atom stereocenters. The molecule has 1 heterocycles. The Hall–Kier alpha value is -1.38. The SMILES string of the molecule is COc1ccc2c(c1OC)CCN2C. The second kappa shape index (κ2) is 3.40. The van der Waals surface area contributed by atoms with E-state index in [2.05, 4.69) is 18.0 Å². The van der Waals surface area contributed by atoms with Gasteiger partial charge in [-0.25, -0.2) is 0 Å². The Morgan fingerprint density at radius 3 is 2.64 bits per heavy atom. The summed E-state index contributed by atoms with van der Waals surface area (Å²) >= 11 is 0. The fraction of sp³-hybridized carbons (Fsp3) is 0.455. The van der Waals surface area contributed by atoms with E-state index >= 15 is 0 Å². The van der Waals surface area contributed by atoms with E-state index in [9.17, 15) is 0 Å². The molecule has 0 bridgehead atoms. The fourth-order valence-electron chi connectivity index (χ4n) is 1.98. The Morgan fingerprint density at radius 2 is 2.00 bits per heavy atom. The maximum atomic E-state index is 5.38. The summed E-state index contributed by atoms with van der Waals surface area (Å²) in [5.41, 5.74) is 2.51. The summed E-state index contributed by atoms with van der Waals surface area (Å²) in [6.07, 6.45) is 1.03. The summed E-state index contributed by atoms with van der Waals surface area (Å²) in [6, 6.07) is 4.04. The van der Waals surface area contributed by atoms with E-state index < -0.39 is 0 Å². The van der Waals surface area contributed by atoms with E-state index in [0.717, 1.165) is 24.5 Å². The van der Waals surface area contributed by atoms with Crippen LogP contribution in [0.25, 0.3) is 0 Å². The molecule has 0 aliphatic carbocycles. The second-order valence-electron chi connectivity index (χ2n) is 3.47. The highest BCUT2D eigenvalue weighted by molar-refractivity contribution is 5.66. The highest BCUT2D eigenvalue weighted by Crippen LogP contribution is 2.40. The van der Waals surface area contributed by atoms with Crippen molar-refractivity contribution >= 4 is 5.69 Å². The number of hydrogen-bond donors (Lipinski definition) is 0. The number of likely N-dealkylation sites (N-methyl/N-ethyl adjacent to an activating group) is 1. The van der Waals surface area contributed by atoms with E-state index in [1.54, 1.807) is 14.2 Å². The van der Waals surface area contributed by atoms with Crippen LogP contribution in [0, 0.1) is 0 Å². The summed E-state index contributed by atoms with van der Waals surface area (Å²) in [6.45, 7) is 1.05. The van der Waals surface area contributed by atoms with Crippen molar-refractivity contribution in [1.29, 1.82) is 0 Å². The third kappa shape index (κ3) is 1.20. The second-order valence-corrected chi connectivity index (χ2v) is 3.47. The largest absolute Gasteiger partial charge is 0.493 e. The van der Waals surface area contributed by atoms with Crippen molar-refractivity contribution in [3.05, 3.63) is 17.7 Å². The van der Waals surface area contributed by atoms with Gasteiger partial charge in [-0.3, -0.25) is 0 Å². The van der Waals surface area contributed by atoms with Crippen LogP contribution in [0.4, 0.5) is 5.69 Å². The van der Waals surface area contributed by atoms with Crippen LogP contribution in [0.3, 0.4) is 0 Å². The van der Waals surface area contributed by atoms with Crippen molar-refractivity contribution in [2.24, 2.45) is 0 Å². The number of ether oxygens (including phenoxy) is 2. The third-order valence-corrected chi connectivity index (χ3v) is 2.73. The number of hydrogen-bond acceptors (Lipinski definition) is 3. The molecule has 0 aromatic heterocycles. The van der Waals surface area contributed by atoms with Crippen molar-refractivity contribution in [3.8, 4) is 11.5 Å². The lowest BCUT2D eigenvalue weighted by molar-refractivity contribution is 0.352. The predicted molar refractivity (Wildman–Crippen MR) is 56.5 cm³/mol. The van der Waals surface area contributed by atoms with E-state index in [-0.39, 0.29) is 0 Å². The molecule has 2 rings (SSSR count). The number of nitrogens with zero attached hydrogens (tertiary/aromatic N) is 1. The monoisotopic (exact) mass is 193 g/mol. The van der Waals surface area contributed by atoms with Crippen molar-refractivity contribution in [2.75, 3.05) is 32.7 Å². The van der Waals surface area contributed by atoms with Gasteiger partial charge in [0.2, 0.25) is 0 Å². The molecular formula is C11H15NO2. The van der Waals surface area contributed by atoms with Crippen LogP contribution >= 0.6 is 0 Å². The van der Waals surface area contributed by atoms with Gasteiger partial charge < -0.3 is 14.4 Å². The molecule has 1 aliphatic rings. The fourth-order valence-corrected chi connectivity index (χ4v) is 1.98. The molecule has 3 nitrogen and oxygen atoms in total. The molecule has 1 aromatic carbocycles. The average molecular weight is 193 g/mol. The molecule has 0 saturated heterocycles. The Balaban J connectivity index is 2.54. The van der Waals surface area contributed by atoms with Gasteiger partial charge in [0.25, 0.3) is 0 Å². The number of rotatable bonds is 2. The van der Waals surface area contributed by atoms with Gasteiger partial charge in [-0.05, 0) is 18.6 Å². The van der Waals surface area contributed by atoms with Crippen molar-refractivity contribution in [3.63, 3.8) is 0 Å². The smallest absolute Gasteiger partial charge is 0.166 e. The molecule has 0 fully saturated rings. The Bertz CT molecular complexity index is 349. The van der Waals surface area contributed by atoms with Crippen LogP contribution in [0.15, 0.2) is 12.1 Å². The molecule has 1 aliphatic heterocycles. The standard InChI is InChI=1S/C11H15NO2/c1-12-7-6-8-9(12)4-5-10(13-2)11(8)14-3/h4-5H,6-7H2,1-3H3. The normalized spacial score (nSPS) is 14.1. The van der Waals surface area contributed by atoms with E-state index in [4.69, 9.17) is 9.47 Å². The predicted octanol–water partition coefficient (Wildman–Crippen LogP) is 1.70. The van der Waals surface area contributed by atoms with Gasteiger partial charge in [-0.1, -0.05) is 0 Å². The highest BCUT2D eigenvalue weighted by atomic mass is 16.5. The molecular weight excluding hydrogens is 178 g/mol. The van der Waals surface area contributed by atoms with Crippen LogP contribution in [-0.2, 0) is 6.42 Å². The lowest BCUT2D eigenvalue weighted by Crippen LogP contribution is -2.12. The zero-order chi connectivity index (χ0) is 10.1. The summed E-state index contributed by atoms with van der Waals surface area (Å²) in [5.74, 6) is 1.70. The molecule has 14 heavy (non-hydrogen) atoms. The zero-order valence-electron chi connectivity index (χ0n) is 8.83. The molecule has 0 N–H and O–H groups in total. The van der Waals surface area contributed by atoms with Crippen molar-refractivity contribution in [2.45, 2.75) is 6.42 Å². The van der Waals surface area contributed by atoms with E-state index in [1.807, 2.05) is 6.07 Å². The van der Waals surface area contributed by atoms with Crippen LogP contribution in [0.2, 0.25) is 0 Å². The first-order valence-electron chi connectivity index (χ1n) is 4.73. The molecule has 0 radical (unpaired) electrons. The molecule has 0 unspecified atom stereocenters. The molecule has 3 heteroatoms. The van der Waals surface area contributed by atoms with Crippen LogP contribution < -0.4 is 14.4 Å². The van der Waals surface area contributed by atoms with Crippen LogP contribution in [0.1, 0.15) is 5.56 Å². The van der Waals surface area contributed by atoms with Gasteiger partial charge in [-0.15, -0.1) is 0 Å². The summed E-state index contributed by atoms with van der Waals surface area (Å²) < 4.78 is 10.6. The molecule has 1 aromatic rings. The van der Waals surface area contributed by atoms with Gasteiger partial charge in [0.05, 0.1) is 14.2 Å². The Kier molecular flexibility index (Phi) is 2.23. The first-order chi connectivity index (χ1) is 6.77. The highest BCUT2D eigenvalue weighted by Gasteiger charge is 2.22. The Morgan fingerprint density at radius 1 is 1.21 bits per heavy atom. The van der Waals surface area contributed by atoms with Crippen LogP contribution in [-0.4, -0.2) is 27.8 Å². The van der Waals surface area contributed by atoms with E-state index in [0.29, 0.717) is 0 Å². The summed E-state index contributed by atoms with van der Waals surface area (Å²) in [4.78, 5) is 2.23. The number of benzene rings is 1. The maximum Gasteiger partial charge on any atom is 0.166 e. The topological polar surface area (TPSA) is 21.7 Å². The molecule has 0 spiro atoms. The van der Waals surface area contributed by atoms with Crippen LogP contribution in [0.5, 0.6) is 11.5 Å². The van der Waals surface area contributed by atoms with Gasteiger partial charge >= 0.3 is 0 Å². The number of anilines is 1. The quantitative estimate of drug-likeness (QED) is 0.713. The molecule has 0 amide bonds. The maximum absolute atomic E-state index is 5.38. The Labute approximate surface area is 84.2 Å². The minimum Gasteiger partial charge on any atom is -0.493 e. The van der Waals surface area contributed by atoms with Crippen molar-refractivity contribution in [1.82, 2.24) is 0 Å². The lowest BCUT2D eigenvalue weighted by Gasteiger charge is -2.14. The minimum atomic E-state index is 0.821. The first kappa shape index (κ1) is 9.19. The zero-order valence-corrected chi connectivity index (χ0v) is 8.83. The van der Waals surface area contributed by atoms with Gasteiger partial charge in [0, 0.05) is 24.8 Å². The van der Waals surface area contributed by atoms with Gasteiger partial charge in [0.15, 0.2) is 11.5 Å². The van der Waals surface area contributed by atoms with Gasteiger partial charge in [-0.2, -0.15) is 0 Å². The lowest BCUT2D eigenvalue weighted by atomic mass is 10.1. The minimum absolute atomic E-state index is 0.821. The third-order valence-electron chi connectivity index (χ3n) is 2.73. The summed E-state index contributed by atoms with van der Waals surface area (Å²) in [5, 5.41) is 0. The summed E-state index contributed by atoms with van der Waals surface area (Å²) in [7, 11) is 5.46. The van der Waals surface area contributed by atoms with E-state index in [1.165, 1.54) is 11.3 Å². The van der Waals surface area contributed by atoms with Gasteiger partial charge in [0.1, 0.15) is 0 Å². The average Bonchev–Trinajstić information content (AvgIpc) is 2.59. The molecule has 0 saturated carbocycles. The molecule has 76 valence electrons. The first-order valence-corrected chi connectivity index (χ1v) is 4.73. The number of fused-ring (bicyclic) bond motifs is 1. The van der Waals surface area contributed by atoms with Crippen molar-refractivity contribution < 1.29 is 9.47 Å². The number of methoxy groups -OCH3 is 2.